The molecule has 0 bridgehead atoms. The van der Waals surface area contributed by atoms with Crippen LogP contribution < -0.4 is 10.1 Å². The first kappa shape index (κ1) is 18.8. The Kier molecular flexibility index (Phi) is 5.04. The number of aromatic nitrogens is 1. The van der Waals surface area contributed by atoms with E-state index in [4.69, 9.17) is 21.1 Å². The molecule has 3 aromatic rings. The number of rotatable bonds is 4. The summed E-state index contributed by atoms with van der Waals surface area (Å²) in [5.74, 6) is 0.481. The molecule has 0 spiro atoms. The van der Waals surface area contributed by atoms with E-state index in [-0.39, 0.29) is 12.0 Å². The van der Waals surface area contributed by atoms with Gasteiger partial charge in [-0.2, -0.15) is 0 Å². The van der Waals surface area contributed by atoms with E-state index in [1.807, 2.05) is 44.2 Å². The molecule has 0 amide bonds. The number of halogens is 1. The van der Waals surface area contributed by atoms with Crippen LogP contribution in [0.4, 0.5) is 0 Å². The zero-order valence-corrected chi connectivity index (χ0v) is 16.9. The third-order valence-corrected chi connectivity index (χ3v) is 5.71. The normalized spacial score (nSPS) is 18.7. The standard InChI is InChI=1S/C22H23ClN2O3/c1-4-28-19-9-12(2)16(23)10-15(19)21-20-14(11-18(25-21)22(26)27-3)13-7-5-6-8-17(13)24-20/h5-10,18,21,24-25H,4,11H2,1-3H3. The second kappa shape index (κ2) is 7.49. The van der Waals surface area contributed by atoms with Crippen LogP contribution in [0.25, 0.3) is 10.9 Å². The second-order valence-corrected chi connectivity index (χ2v) is 7.42. The van der Waals surface area contributed by atoms with E-state index in [9.17, 15) is 4.79 Å². The van der Waals surface area contributed by atoms with Crippen molar-refractivity contribution in [1.82, 2.24) is 10.3 Å². The molecule has 5 nitrogen and oxygen atoms in total. The highest BCUT2D eigenvalue weighted by Gasteiger charge is 2.36. The van der Waals surface area contributed by atoms with Crippen LogP contribution in [-0.4, -0.2) is 30.7 Å². The lowest BCUT2D eigenvalue weighted by molar-refractivity contribution is -0.143. The van der Waals surface area contributed by atoms with Gasteiger partial charge in [0.15, 0.2) is 0 Å². The number of nitrogens with one attached hydrogen (secondary N) is 2. The maximum Gasteiger partial charge on any atom is 0.323 e. The van der Waals surface area contributed by atoms with Gasteiger partial charge in [0.05, 0.1) is 19.8 Å². The van der Waals surface area contributed by atoms with Gasteiger partial charge in [-0.3, -0.25) is 10.1 Å². The number of esters is 1. The van der Waals surface area contributed by atoms with Gasteiger partial charge in [0.25, 0.3) is 0 Å². The predicted octanol–water partition coefficient (Wildman–Crippen LogP) is 4.31. The SMILES string of the molecule is CCOc1cc(C)c(Cl)cc1C1NC(C(=O)OC)Cc2c1[nH]c1ccccc21. The average molecular weight is 399 g/mol. The molecule has 2 aromatic carbocycles. The number of hydrogen-bond acceptors (Lipinski definition) is 4. The van der Waals surface area contributed by atoms with Crippen LogP contribution in [0.2, 0.25) is 5.02 Å². The fraction of sp³-hybridized carbons (Fsp3) is 0.318. The number of hydrogen-bond donors (Lipinski definition) is 2. The Hall–Kier alpha value is -2.50. The molecule has 0 saturated heterocycles. The number of H-pyrrole nitrogens is 1. The van der Waals surface area contributed by atoms with Crippen molar-refractivity contribution in [3.63, 3.8) is 0 Å². The van der Waals surface area contributed by atoms with Crippen molar-refractivity contribution >= 4 is 28.5 Å². The predicted molar refractivity (Wildman–Crippen MR) is 110 cm³/mol. The van der Waals surface area contributed by atoms with Crippen molar-refractivity contribution < 1.29 is 14.3 Å². The first-order valence-corrected chi connectivity index (χ1v) is 9.77. The Bertz CT molecular complexity index is 1040. The molecule has 0 radical (unpaired) electrons. The molecule has 0 aliphatic carbocycles. The van der Waals surface area contributed by atoms with Gasteiger partial charge in [-0.25, -0.2) is 0 Å². The lowest BCUT2D eigenvalue weighted by Gasteiger charge is -2.31. The summed E-state index contributed by atoms with van der Waals surface area (Å²) in [6.45, 7) is 4.45. The maximum absolute atomic E-state index is 12.4. The maximum atomic E-state index is 12.4. The van der Waals surface area contributed by atoms with Crippen LogP contribution in [0.1, 0.15) is 35.3 Å². The minimum atomic E-state index is -0.448. The molecular weight excluding hydrogens is 376 g/mol. The molecule has 28 heavy (non-hydrogen) atoms. The molecule has 4 rings (SSSR count). The summed E-state index contributed by atoms with van der Waals surface area (Å²) in [7, 11) is 1.41. The van der Waals surface area contributed by atoms with Gasteiger partial charge in [0, 0.05) is 33.6 Å². The molecule has 0 fully saturated rings. The minimum Gasteiger partial charge on any atom is -0.494 e. The summed E-state index contributed by atoms with van der Waals surface area (Å²) < 4.78 is 10.9. The molecule has 1 aromatic heterocycles. The topological polar surface area (TPSA) is 63.4 Å². The highest BCUT2D eigenvalue weighted by molar-refractivity contribution is 6.31. The van der Waals surface area contributed by atoms with Gasteiger partial charge in [0.2, 0.25) is 0 Å². The van der Waals surface area contributed by atoms with Gasteiger partial charge in [0.1, 0.15) is 11.8 Å². The lowest BCUT2D eigenvalue weighted by Crippen LogP contribution is -2.45. The van der Waals surface area contributed by atoms with Crippen LogP contribution >= 0.6 is 11.6 Å². The number of carbonyl (C=O) groups is 1. The fourth-order valence-electron chi connectivity index (χ4n) is 3.95. The van der Waals surface area contributed by atoms with Gasteiger partial charge in [-0.05, 0) is 43.2 Å². The van der Waals surface area contributed by atoms with E-state index < -0.39 is 6.04 Å². The average Bonchev–Trinajstić information content (AvgIpc) is 3.08. The van der Waals surface area contributed by atoms with Crippen molar-refractivity contribution in [1.29, 1.82) is 0 Å². The molecule has 1 aliphatic heterocycles. The second-order valence-electron chi connectivity index (χ2n) is 7.01. The highest BCUT2D eigenvalue weighted by atomic mass is 35.5. The number of ether oxygens (including phenoxy) is 2. The van der Waals surface area contributed by atoms with E-state index in [0.717, 1.165) is 39.0 Å². The summed E-state index contributed by atoms with van der Waals surface area (Å²) in [4.78, 5) is 15.9. The van der Waals surface area contributed by atoms with E-state index in [1.165, 1.54) is 7.11 Å². The number of aryl methyl sites for hydroxylation is 1. The van der Waals surface area contributed by atoms with Gasteiger partial charge in [-0.1, -0.05) is 29.8 Å². The molecule has 6 heteroatoms. The highest BCUT2D eigenvalue weighted by Crippen LogP contribution is 2.40. The lowest BCUT2D eigenvalue weighted by atomic mass is 9.89. The molecule has 2 heterocycles. The van der Waals surface area contributed by atoms with Crippen molar-refractivity contribution in [2.75, 3.05) is 13.7 Å². The summed E-state index contributed by atoms with van der Waals surface area (Å²) >= 11 is 6.45. The van der Waals surface area contributed by atoms with Crippen LogP contribution in [0, 0.1) is 6.92 Å². The Morgan fingerprint density at radius 3 is 2.82 bits per heavy atom. The summed E-state index contributed by atoms with van der Waals surface area (Å²) in [5, 5.41) is 5.22. The molecule has 1 aliphatic rings. The van der Waals surface area contributed by atoms with Crippen molar-refractivity contribution in [2.24, 2.45) is 0 Å². The molecule has 0 saturated carbocycles. The van der Waals surface area contributed by atoms with E-state index >= 15 is 0 Å². The Labute approximate surface area is 169 Å². The van der Waals surface area contributed by atoms with Crippen LogP contribution in [-0.2, 0) is 16.0 Å². The quantitative estimate of drug-likeness (QED) is 0.643. The van der Waals surface area contributed by atoms with Crippen LogP contribution in [0.5, 0.6) is 5.75 Å². The molecule has 146 valence electrons. The molecular formula is C22H23ClN2O3. The van der Waals surface area contributed by atoms with Crippen molar-refractivity contribution in [3.05, 3.63) is 63.8 Å². The number of fused-ring (bicyclic) bond motifs is 3. The number of methoxy groups -OCH3 is 1. The summed E-state index contributed by atoms with van der Waals surface area (Å²) in [5.41, 5.74) is 5.04. The number of para-hydroxylation sites is 1. The van der Waals surface area contributed by atoms with Crippen molar-refractivity contribution in [3.8, 4) is 5.75 Å². The Balaban J connectivity index is 1.91. The zero-order chi connectivity index (χ0) is 19.8. The van der Waals surface area contributed by atoms with Gasteiger partial charge in [-0.15, -0.1) is 0 Å². The first-order valence-electron chi connectivity index (χ1n) is 9.39. The number of aromatic amines is 1. The first-order chi connectivity index (χ1) is 13.5. The monoisotopic (exact) mass is 398 g/mol. The third-order valence-electron chi connectivity index (χ3n) is 5.30. The zero-order valence-electron chi connectivity index (χ0n) is 16.1. The van der Waals surface area contributed by atoms with Gasteiger partial charge >= 0.3 is 5.97 Å². The van der Waals surface area contributed by atoms with E-state index in [1.54, 1.807) is 0 Å². The number of benzene rings is 2. The molecule has 2 N–H and O–H groups in total. The molecule has 2 atom stereocenters. The summed E-state index contributed by atoms with van der Waals surface area (Å²) in [6, 6.07) is 11.3. The largest absolute Gasteiger partial charge is 0.494 e. The fourth-order valence-corrected chi connectivity index (χ4v) is 4.12. The van der Waals surface area contributed by atoms with Gasteiger partial charge < -0.3 is 14.5 Å². The summed E-state index contributed by atoms with van der Waals surface area (Å²) in [6.07, 6.45) is 0.562. The van der Waals surface area contributed by atoms with Crippen LogP contribution in [0.15, 0.2) is 36.4 Å². The minimum absolute atomic E-state index is 0.264. The molecule has 2 unspecified atom stereocenters. The van der Waals surface area contributed by atoms with E-state index in [0.29, 0.717) is 18.1 Å². The van der Waals surface area contributed by atoms with Crippen molar-refractivity contribution in [2.45, 2.75) is 32.4 Å². The van der Waals surface area contributed by atoms with E-state index in [2.05, 4.69) is 16.4 Å². The Morgan fingerprint density at radius 2 is 2.07 bits per heavy atom. The third kappa shape index (κ3) is 3.15. The number of carbonyl (C=O) groups excluding carboxylic acids is 1. The Morgan fingerprint density at radius 1 is 1.29 bits per heavy atom. The smallest absolute Gasteiger partial charge is 0.323 e. The van der Waals surface area contributed by atoms with Crippen LogP contribution in [0.3, 0.4) is 0 Å².